The minimum atomic E-state index is 0.643. The highest BCUT2D eigenvalue weighted by Crippen LogP contribution is 2.19. The number of para-hydroxylation sites is 1. The van der Waals surface area contributed by atoms with Gasteiger partial charge in [0, 0.05) is 25.5 Å². The van der Waals surface area contributed by atoms with Gasteiger partial charge in [0.1, 0.15) is 5.82 Å². The SMILES string of the molecule is Cc1cccc2ccc(N(C)CCN)nc12. The third-order valence-corrected chi connectivity index (χ3v) is 2.76. The van der Waals surface area contributed by atoms with Gasteiger partial charge >= 0.3 is 0 Å². The van der Waals surface area contributed by atoms with E-state index in [0.29, 0.717) is 6.54 Å². The summed E-state index contributed by atoms with van der Waals surface area (Å²) in [5.74, 6) is 0.979. The van der Waals surface area contributed by atoms with Crippen molar-refractivity contribution in [3.8, 4) is 0 Å². The van der Waals surface area contributed by atoms with Gasteiger partial charge in [-0.25, -0.2) is 4.98 Å². The number of hydrogen-bond donors (Lipinski definition) is 1. The second kappa shape index (κ2) is 4.49. The molecule has 3 heteroatoms. The van der Waals surface area contributed by atoms with Gasteiger partial charge < -0.3 is 10.6 Å². The van der Waals surface area contributed by atoms with Crippen molar-refractivity contribution in [2.75, 3.05) is 25.0 Å². The molecule has 3 nitrogen and oxygen atoms in total. The highest BCUT2D eigenvalue weighted by atomic mass is 15.2. The highest BCUT2D eigenvalue weighted by molar-refractivity contribution is 5.83. The van der Waals surface area contributed by atoms with Crippen molar-refractivity contribution in [2.24, 2.45) is 5.73 Å². The van der Waals surface area contributed by atoms with Gasteiger partial charge in [0.25, 0.3) is 0 Å². The van der Waals surface area contributed by atoms with Crippen molar-refractivity contribution < 1.29 is 0 Å². The van der Waals surface area contributed by atoms with E-state index in [0.717, 1.165) is 17.9 Å². The zero-order valence-corrected chi connectivity index (χ0v) is 9.77. The minimum absolute atomic E-state index is 0.643. The molecule has 0 radical (unpaired) electrons. The summed E-state index contributed by atoms with van der Waals surface area (Å²) in [6, 6.07) is 10.4. The first kappa shape index (κ1) is 10.9. The zero-order valence-electron chi connectivity index (χ0n) is 9.77. The number of likely N-dealkylation sites (N-methyl/N-ethyl adjacent to an activating group) is 1. The lowest BCUT2D eigenvalue weighted by Gasteiger charge is -2.17. The molecule has 0 fully saturated rings. The maximum atomic E-state index is 5.54. The van der Waals surface area contributed by atoms with Crippen molar-refractivity contribution in [3.05, 3.63) is 35.9 Å². The first-order chi connectivity index (χ1) is 7.72. The Morgan fingerprint density at radius 2 is 2.06 bits per heavy atom. The molecule has 0 bridgehead atoms. The number of anilines is 1. The van der Waals surface area contributed by atoms with Crippen molar-refractivity contribution in [1.29, 1.82) is 0 Å². The van der Waals surface area contributed by atoms with Gasteiger partial charge in [-0.1, -0.05) is 18.2 Å². The molecular formula is C13H17N3. The minimum Gasteiger partial charge on any atom is -0.358 e. The summed E-state index contributed by atoms with van der Waals surface area (Å²) in [6.07, 6.45) is 0. The summed E-state index contributed by atoms with van der Waals surface area (Å²) < 4.78 is 0. The van der Waals surface area contributed by atoms with E-state index in [1.165, 1.54) is 10.9 Å². The summed E-state index contributed by atoms with van der Waals surface area (Å²) in [6.45, 7) is 3.55. The molecule has 0 amide bonds. The number of benzene rings is 1. The van der Waals surface area contributed by atoms with E-state index in [-0.39, 0.29) is 0 Å². The number of rotatable bonds is 3. The molecule has 0 saturated heterocycles. The number of fused-ring (bicyclic) bond motifs is 1. The second-order valence-electron chi connectivity index (χ2n) is 4.03. The molecule has 2 rings (SSSR count). The van der Waals surface area contributed by atoms with E-state index in [1.54, 1.807) is 0 Å². The standard InChI is InChI=1S/C13H17N3/c1-10-4-3-5-11-6-7-12(15-13(10)11)16(2)9-8-14/h3-7H,8-9,14H2,1-2H3. The monoisotopic (exact) mass is 215 g/mol. The summed E-state index contributed by atoms with van der Waals surface area (Å²) in [5, 5.41) is 1.19. The molecule has 1 aromatic heterocycles. The molecule has 16 heavy (non-hydrogen) atoms. The van der Waals surface area contributed by atoms with Crippen LogP contribution >= 0.6 is 0 Å². The molecule has 84 valence electrons. The quantitative estimate of drug-likeness (QED) is 0.850. The van der Waals surface area contributed by atoms with Crippen molar-refractivity contribution in [3.63, 3.8) is 0 Å². The van der Waals surface area contributed by atoms with Crippen molar-refractivity contribution >= 4 is 16.7 Å². The fraction of sp³-hybridized carbons (Fsp3) is 0.308. The first-order valence-electron chi connectivity index (χ1n) is 5.50. The van der Waals surface area contributed by atoms with Gasteiger partial charge in [0.15, 0.2) is 0 Å². The normalized spacial score (nSPS) is 10.7. The topological polar surface area (TPSA) is 42.1 Å². The van der Waals surface area contributed by atoms with Gasteiger partial charge in [-0.3, -0.25) is 0 Å². The Balaban J connectivity index is 2.46. The lowest BCUT2D eigenvalue weighted by molar-refractivity contribution is 0.871. The van der Waals surface area contributed by atoms with Crippen LogP contribution in [0.25, 0.3) is 10.9 Å². The van der Waals surface area contributed by atoms with Gasteiger partial charge in [-0.15, -0.1) is 0 Å². The van der Waals surface area contributed by atoms with E-state index in [9.17, 15) is 0 Å². The second-order valence-corrected chi connectivity index (χ2v) is 4.03. The zero-order chi connectivity index (χ0) is 11.5. The van der Waals surface area contributed by atoms with Crippen LogP contribution in [0, 0.1) is 6.92 Å². The van der Waals surface area contributed by atoms with Crippen LogP contribution in [0.4, 0.5) is 5.82 Å². The van der Waals surface area contributed by atoms with Gasteiger partial charge in [0.2, 0.25) is 0 Å². The molecule has 1 heterocycles. The fourth-order valence-electron chi connectivity index (χ4n) is 1.81. The van der Waals surface area contributed by atoms with Crippen LogP contribution < -0.4 is 10.6 Å². The Hall–Kier alpha value is -1.61. The van der Waals surface area contributed by atoms with E-state index < -0.39 is 0 Å². The van der Waals surface area contributed by atoms with E-state index in [1.807, 2.05) is 13.1 Å². The van der Waals surface area contributed by atoms with Crippen LogP contribution in [0.1, 0.15) is 5.56 Å². The number of aromatic nitrogens is 1. The number of pyridine rings is 1. The van der Waals surface area contributed by atoms with Crippen LogP contribution in [0.2, 0.25) is 0 Å². The molecule has 0 aliphatic heterocycles. The molecule has 1 aromatic carbocycles. The largest absolute Gasteiger partial charge is 0.358 e. The molecule has 0 spiro atoms. The molecule has 0 unspecified atom stereocenters. The molecule has 2 aromatic rings. The smallest absolute Gasteiger partial charge is 0.129 e. The van der Waals surface area contributed by atoms with Crippen LogP contribution in [0.5, 0.6) is 0 Å². The van der Waals surface area contributed by atoms with E-state index >= 15 is 0 Å². The average molecular weight is 215 g/mol. The molecule has 0 aliphatic carbocycles. The maximum Gasteiger partial charge on any atom is 0.129 e. The average Bonchev–Trinajstić information content (AvgIpc) is 2.29. The van der Waals surface area contributed by atoms with Crippen molar-refractivity contribution in [1.82, 2.24) is 4.98 Å². The van der Waals surface area contributed by atoms with Crippen LogP contribution in [0.3, 0.4) is 0 Å². The summed E-state index contributed by atoms with van der Waals surface area (Å²) in [5.41, 5.74) is 7.82. The number of nitrogens with two attached hydrogens (primary N) is 1. The summed E-state index contributed by atoms with van der Waals surface area (Å²) in [7, 11) is 2.01. The van der Waals surface area contributed by atoms with Crippen molar-refractivity contribution in [2.45, 2.75) is 6.92 Å². The maximum absolute atomic E-state index is 5.54. The lowest BCUT2D eigenvalue weighted by atomic mass is 10.1. The Labute approximate surface area is 95.9 Å². The Kier molecular flexibility index (Phi) is 3.06. The third kappa shape index (κ3) is 1.99. The predicted molar refractivity (Wildman–Crippen MR) is 68.8 cm³/mol. The number of nitrogens with zero attached hydrogens (tertiary/aromatic N) is 2. The van der Waals surface area contributed by atoms with Crippen LogP contribution in [-0.2, 0) is 0 Å². The summed E-state index contributed by atoms with van der Waals surface area (Å²) >= 11 is 0. The Bertz CT molecular complexity index is 494. The number of hydrogen-bond acceptors (Lipinski definition) is 3. The van der Waals surface area contributed by atoms with Crippen LogP contribution in [-0.4, -0.2) is 25.1 Å². The fourth-order valence-corrected chi connectivity index (χ4v) is 1.81. The van der Waals surface area contributed by atoms with Gasteiger partial charge in [-0.2, -0.15) is 0 Å². The van der Waals surface area contributed by atoms with Crippen LogP contribution in [0.15, 0.2) is 30.3 Å². The molecular weight excluding hydrogens is 198 g/mol. The van der Waals surface area contributed by atoms with E-state index in [2.05, 4.69) is 41.1 Å². The van der Waals surface area contributed by atoms with Gasteiger partial charge in [-0.05, 0) is 24.6 Å². The molecule has 0 atom stereocenters. The lowest BCUT2D eigenvalue weighted by Crippen LogP contribution is -2.25. The predicted octanol–water partition coefficient (Wildman–Crippen LogP) is 1.94. The third-order valence-electron chi connectivity index (χ3n) is 2.76. The highest BCUT2D eigenvalue weighted by Gasteiger charge is 2.04. The number of aryl methyl sites for hydroxylation is 1. The summed E-state index contributed by atoms with van der Waals surface area (Å²) in [4.78, 5) is 6.74. The molecule has 2 N–H and O–H groups in total. The molecule has 0 saturated carbocycles. The van der Waals surface area contributed by atoms with E-state index in [4.69, 9.17) is 5.73 Å². The Morgan fingerprint density at radius 1 is 1.25 bits per heavy atom. The first-order valence-corrected chi connectivity index (χ1v) is 5.50. The molecule has 0 aliphatic rings. The van der Waals surface area contributed by atoms with Gasteiger partial charge in [0.05, 0.1) is 5.52 Å². The Morgan fingerprint density at radius 3 is 2.81 bits per heavy atom.